The van der Waals surface area contributed by atoms with Crippen molar-refractivity contribution in [3.05, 3.63) is 52.6 Å². The summed E-state index contributed by atoms with van der Waals surface area (Å²) in [6.07, 6.45) is 0. The molecule has 0 atom stereocenters. The molecule has 0 amide bonds. The lowest BCUT2D eigenvalue weighted by Gasteiger charge is -2.03. The monoisotopic (exact) mass is 246 g/mol. The van der Waals surface area contributed by atoms with E-state index < -0.39 is 17.4 Å². The molecule has 18 heavy (non-hydrogen) atoms. The van der Waals surface area contributed by atoms with Gasteiger partial charge >= 0.3 is 0 Å². The van der Waals surface area contributed by atoms with Gasteiger partial charge in [-0.2, -0.15) is 0 Å². The molecule has 0 saturated heterocycles. The number of hydrogen-bond donors (Lipinski definition) is 1. The quantitative estimate of drug-likeness (QED) is 0.872. The van der Waals surface area contributed by atoms with E-state index in [-0.39, 0.29) is 16.9 Å². The van der Waals surface area contributed by atoms with E-state index in [1.165, 1.54) is 31.2 Å². The third kappa shape index (κ3) is 1.76. The molecular formula is C14H11FO3. The highest BCUT2D eigenvalue weighted by Gasteiger charge is 2.32. The van der Waals surface area contributed by atoms with E-state index in [2.05, 4.69) is 0 Å². The largest absolute Gasteiger partial charge is 0.504 e. The number of allylic oxidation sites excluding steroid dienone is 3. The summed E-state index contributed by atoms with van der Waals surface area (Å²) in [5.74, 6) is -1.90. The summed E-state index contributed by atoms with van der Waals surface area (Å²) in [6, 6.07) is 5.35. The molecule has 0 fully saturated rings. The molecule has 1 aromatic carbocycles. The van der Waals surface area contributed by atoms with Crippen LogP contribution in [0.1, 0.15) is 19.4 Å². The van der Waals surface area contributed by atoms with Crippen molar-refractivity contribution < 1.29 is 19.1 Å². The Morgan fingerprint density at radius 1 is 1.22 bits per heavy atom. The molecular weight excluding hydrogens is 235 g/mol. The Bertz CT molecular complexity index is 606. The predicted molar refractivity (Wildman–Crippen MR) is 64.3 cm³/mol. The first kappa shape index (κ1) is 12.2. The van der Waals surface area contributed by atoms with Crippen LogP contribution in [0.15, 0.2) is 41.2 Å². The summed E-state index contributed by atoms with van der Waals surface area (Å²) in [5, 5.41) is 9.68. The zero-order valence-electron chi connectivity index (χ0n) is 9.95. The van der Waals surface area contributed by atoms with E-state index in [0.29, 0.717) is 11.1 Å². The molecule has 0 unspecified atom stereocenters. The van der Waals surface area contributed by atoms with Gasteiger partial charge in [0.1, 0.15) is 5.82 Å². The van der Waals surface area contributed by atoms with Gasteiger partial charge in [-0.3, -0.25) is 9.59 Å². The first-order valence-electron chi connectivity index (χ1n) is 5.39. The van der Waals surface area contributed by atoms with Crippen molar-refractivity contribution in [1.29, 1.82) is 0 Å². The van der Waals surface area contributed by atoms with Crippen molar-refractivity contribution in [2.45, 2.75) is 13.8 Å². The number of hydrogen-bond acceptors (Lipinski definition) is 3. The zero-order chi connectivity index (χ0) is 13.4. The molecule has 2 rings (SSSR count). The topological polar surface area (TPSA) is 54.4 Å². The molecule has 0 radical (unpaired) electrons. The third-order valence-corrected chi connectivity index (χ3v) is 2.91. The van der Waals surface area contributed by atoms with Crippen LogP contribution in [-0.2, 0) is 9.59 Å². The summed E-state index contributed by atoms with van der Waals surface area (Å²) >= 11 is 0. The minimum Gasteiger partial charge on any atom is -0.504 e. The number of aliphatic hydroxyl groups is 1. The molecule has 1 aliphatic rings. The normalized spacial score (nSPS) is 15.6. The van der Waals surface area contributed by atoms with Crippen molar-refractivity contribution in [2.75, 3.05) is 0 Å². The van der Waals surface area contributed by atoms with Crippen molar-refractivity contribution >= 4 is 17.1 Å². The Morgan fingerprint density at radius 2 is 1.78 bits per heavy atom. The van der Waals surface area contributed by atoms with Crippen LogP contribution >= 0.6 is 0 Å². The minimum atomic E-state index is -0.593. The lowest BCUT2D eigenvalue weighted by Crippen LogP contribution is -2.03. The maximum absolute atomic E-state index is 12.8. The average Bonchev–Trinajstić information content (AvgIpc) is 2.52. The second-order valence-corrected chi connectivity index (χ2v) is 4.12. The molecule has 0 aromatic heterocycles. The minimum absolute atomic E-state index is 0.0410. The fourth-order valence-electron chi connectivity index (χ4n) is 2.10. The van der Waals surface area contributed by atoms with Gasteiger partial charge in [-0.25, -0.2) is 4.39 Å². The van der Waals surface area contributed by atoms with Gasteiger partial charge in [0.15, 0.2) is 11.5 Å². The lowest BCUT2D eigenvalue weighted by molar-refractivity contribution is -0.115. The van der Waals surface area contributed by atoms with E-state index in [0.717, 1.165) is 0 Å². The second-order valence-electron chi connectivity index (χ2n) is 4.12. The van der Waals surface area contributed by atoms with E-state index in [1.807, 2.05) is 0 Å². The third-order valence-electron chi connectivity index (χ3n) is 2.91. The molecule has 0 bridgehead atoms. The molecule has 92 valence electrons. The van der Waals surface area contributed by atoms with Crippen LogP contribution < -0.4 is 0 Å². The van der Waals surface area contributed by atoms with Crippen molar-refractivity contribution in [3.8, 4) is 0 Å². The Kier molecular flexibility index (Phi) is 2.87. The van der Waals surface area contributed by atoms with E-state index >= 15 is 0 Å². The highest BCUT2D eigenvalue weighted by atomic mass is 19.1. The number of carbonyl (C=O) groups excluding carboxylic acids is 2. The maximum atomic E-state index is 12.8. The Morgan fingerprint density at radius 3 is 2.22 bits per heavy atom. The molecule has 4 heteroatoms. The number of halogens is 1. The average molecular weight is 246 g/mol. The Balaban J connectivity index is 2.57. The summed E-state index contributed by atoms with van der Waals surface area (Å²) < 4.78 is 12.8. The molecule has 3 nitrogen and oxygen atoms in total. The molecule has 1 N–H and O–H groups in total. The smallest absolute Gasteiger partial charge is 0.228 e. The standard InChI is InChI=1S/C14H11FO3/c1-7-11(8(2)16)13(17)14(18)12(7)9-3-5-10(15)6-4-9/h3-6H,1-2H3,(H,17,18). The highest BCUT2D eigenvalue weighted by molar-refractivity contribution is 6.35. The summed E-state index contributed by atoms with van der Waals surface area (Å²) in [4.78, 5) is 23.3. The lowest BCUT2D eigenvalue weighted by atomic mass is 9.99. The van der Waals surface area contributed by atoms with Crippen LogP contribution in [0.4, 0.5) is 4.39 Å². The summed E-state index contributed by atoms with van der Waals surface area (Å²) in [5.41, 5.74) is 1.20. The fraction of sp³-hybridized carbons (Fsp3) is 0.143. The zero-order valence-corrected chi connectivity index (χ0v) is 9.95. The van der Waals surface area contributed by atoms with Crippen LogP contribution in [-0.4, -0.2) is 16.7 Å². The first-order chi connectivity index (χ1) is 8.43. The molecule has 0 spiro atoms. The van der Waals surface area contributed by atoms with Gasteiger partial charge in [0.25, 0.3) is 0 Å². The number of rotatable bonds is 2. The second kappa shape index (κ2) is 4.22. The number of carbonyl (C=O) groups is 2. The molecule has 0 aliphatic heterocycles. The van der Waals surface area contributed by atoms with E-state index in [1.54, 1.807) is 6.92 Å². The van der Waals surface area contributed by atoms with Crippen molar-refractivity contribution in [1.82, 2.24) is 0 Å². The maximum Gasteiger partial charge on any atom is 0.228 e. The van der Waals surface area contributed by atoms with Gasteiger partial charge in [0.2, 0.25) is 5.78 Å². The fourth-order valence-corrected chi connectivity index (χ4v) is 2.10. The van der Waals surface area contributed by atoms with Crippen LogP contribution in [0.5, 0.6) is 0 Å². The Labute approximate surface area is 103 Å². The number of aliphatic hydroxyl groups excluding tert-OH is 1. The van der Waals surface area contributed by atoms with Gasteiger partial charge in [0.05, 0.1) is 5.57 Å². The van der Waals surface area contributed by atoms with Gasteiger partial charge in [0, 0.05) is 5.57 Å². The van der Waals surface area contributed by atoms with Gasteiger partial charge in [-0.15, -0.1) is 0 Å². The van der Waals surface area contributed by atoms with E-state index in [4.69, 9.17) is 0 Å². The number of benzene rings is 1. The summed E-state index contributed by atoms with van der Waals surface area (Å²) in [6.45, 7) is 2.88. The van der Waals surface area contributed by atoms with Crippen LogP contribution in [0.25, 0.3) is 5.57 Å². The van der Waals surface area contributed by atoms with Crippen molar-refractivity contribution in [3.63, 3.8) is 0 Å². The molecule has 0 heterocycles. The van der Waals surface area contributed by atoms with Crippen molar-refractivity contribution in [2.24, 2.45) is 0 Å². The highest BCUT2D eigenvalue weighted by Crippen LogP contribution is 2.34. The predicted octanol–water partition coefficient (Wildman–Crippen LogP) is 2.58. The van der Waals surface area contributed by atoms with Crippen LogP contribution in [0, 0.1) is 5.82 Å². The Hall–Kier alpha value is -2.23. The van der Waals surface area contributed by atoms with E-state index in [9.17, 15) is 19.1 Å². The summed E-state index contributed by atoms with van der Waals surface area (Å²) in [7, 11) is 0. The van der Waals surface area contributed by atoms with Crippen LogP contribution in [0.3, 0.4) is 0 Å². The first-order valence-corrected chi connectivity index (χ1v) is 5.39. The van der Waals surface area contributed by atoms with Gasteiger partial charge in [-0.05, 0) is 37.1 Å². The number of Topliss-reactive ketones (excluding diaryl/α,β-unsaturated/α-hetero) is 2. The molecule has 0 saturated carbocycles. The van der Waals surface area contributed by atoms with Crippen LogP contribution in [0.2, 0.25) is 0 Å². The van der Waals surface area contributed by atoms with Gasteiger partial charge < -0.3 is 5.11 Å². The van der Waals surface area contributed by atoms with Gasteiger partial charge in [-0.1, -0.05) is 12.1 Å². The SMILES string of the molecule is CC(=O)C1=C(O)C(=O)C(c2ccc(F)cc2)=C1C. The molecule has 1 aliphatic carbocycles. The molecule has 1 aromatic rings. The number of ketones is 2.